The summed E-state index contributed by atoms with van der Waals surface area (Å²) in [6.45, 7) is 14.7. The number of carbonyl (C=O) groups excluding carboxylic acids is 7. The number of anilines is 1. The first-order valence-corrected chi connectivity index (χ1v) is 20.0. The van der Waals surface area contributed by atoms with Crippen LogP contribution in [0.1, 0.15) is 93.1 Å². The van der Waals surface area contributed by atoms with Gasteiger partial charge in [0.25, 0.3) is 0 Å². The molecule has 0 aromatic heterocycles. The quantitative estimate of drug-likeness (QED) is 0.0848. The molecule has 0 saturated heterocycles. The summed E-state index contributed by atoms with van der Waals surface area (Å²) in [6, 6.07) is 3.10. The first-order chi connectivity index (χ1) is 27.1. The molecule has 0 bridgehead atoms. The van der Waals surface area contributed by atoms with Crippen LogP contribution in [-0.4, -0.2) is 103 Å². The number of primary amides is 1. The number of likely N-dealkylation sites (N-methyl/N-ethyl adjacent to an activating group) is 2. The number of nitrogens with two attached hydrogens (primary N) is 2. The summed E-state index contributed by atoms with van der Waals surface area (Å²) in [5.74, 6) is -3.09. The van der Waals surface area contributed by atoms with Crippen molar-refractivity contribution in [2.75, 3.05) is 32.6 Å². The molecule has 58 heavy (non-hydrogen) atoms. The third-order valence-corrected chi connectivity index (χ3v) is 10.8. The average molecular weight is 818 g/mol. The van der Waals surface area contributed by atoms with Crippen molar-refractivity contribution in [3.63, 3.8) is 0 Å². The van der Waals surface area contributed by atoms with E-state index in [0.29, 0.717) is 36.9 Å². The Morgan fingerprint density at radius 3 is 1.97 bits per heavy atom. The smallest absolute Gasteiger partial charge is 0.410 e. The van der Waals surface area contributed by atoms with Crippen LogP contribution >= 0.6 is 0 Å². The first kappa shape index (κ1) is 49.0. The monoisotopic (exact) mass is 818 g/mol. The lowest BCUT2D eigenvalue weighted by Gasteiger charge is -2.31. The maximum absolute atomic E-state index is 13.9. The second kappa shape index (κ2) is 22.1. The number of hydrogen-bond donors (Lipinski definition) is 8. The normalized spacial score (nSPS) is 17.7. The predicted molar refractivity (Wildman–Crippen MR) is 219 cm³/mol. The lowest BCUT2D eigenvalue weighted by molar-refractivity contribution is -0.133. The van der Waals surface area contributed by atoms with Crippen molar-refractivity contribution in [1.82, 2.24) is 31.5 Å². The molecule has 1 fully saturated rings. The molecule has 1 saturated carbocycles. The highest BCUT2D eigenvalue weighted by atomic mass is 16.6. The van der Waals surface area contributed by atoms with E-state index in [-0.39, 0.29) is 55.8 Å². The fourth-order valence-electron chi connectivity index (χ4n) is 6.63. The van der Waals surface area contributed by atoms with Crippen molar-refractivity contribution < 1.29 is 43.0 Å². The van der Waals surface area contributed by atoms with E-state index in [2.05, 4.69) is 31.9 Å². The number of urea groups is 1. The SMILES string of the molecule is CCC(N)(CC)CCOC(=O)N[C@H](C(=O)NC1(C(=O)Nc2ccc(COC(=O)N(C)[C@H](C(=O)N[C@H](C(=O)NC)C(C)C)C(C)C)cc2)CC1CCNC(N)=O)C(C)C. The summed E-state index contributed by atoms with van der Waals surface area (Å²) in [4.78, 5) is 91.4. The minimum absolute atomic E-state index is 0.0771. The molecular formula is C40H67N9O9. The van der Waals surface area contributed by atoms with Gasteiger partial charge in [0, 0.05) is 31.9 Å². The van der Waals surface area contributed by atoms with Crippen molar-refractivity contribution >= 4 is 47.5 Å². The van der Waals surface area contributed by atoms with Crippen LogP contribution in [-0.2, 0) is 35.3 Å². The Morgan fingerprint density at radius 1 is 0.862 bits per heavy atom. The summed E-state index contributed by atoms with van der Waals surface area (Å²) in [5, 5.41) is 16.1. The zero-order valence-electron chi connectivity index (χ0n) is 35.8. The van der Waals surface area contributed by atoms with E-state index in [1.165, 1.54) is 19.0 Å². The second-order valence-corrected chi connectivity index (χ2v) is 16.1. The Bertz CT molecular complexity index is 1580. The van der Waals surface area contributed by atoms with Crippen LogP contribution in [0.25, 0.3) is 0 Å². The summed E-state index contributed by atoms with van der Waals surface area (Å²) >= 11 is 0. The van der Waals surface area contributed by atoms with E-state index >= 15 is 0 Å². The third kappa shape index (κ3) is 14.1. The zero-order valence-corrected chi connectivity index (χ0v) is 35.8. The molecule has 1 aromatic carbocycles. The molecule has 5 atom stereocenters. The molecule has 1 aromatic rings. The molecular weight excluding hydrogens is 750 g/mol. The maximum Gasteiger partial charge on any atom is 0.410 e. The minimum Gasteiger partial charge on any atom is -0.449 e. The molecule has 18 heteroatoms. The van der Waals surface area contributed by atoms with Gasteiger partial charge in [-0.3, -0.25) is 24.1 Å². The minimum atomic E-state index is -1.34. The zero-order chi connectivity index (χ0) is 44.0. The van der Waals surface area contributed by atoms with Crippen LogP contribution in [0.15, 0.2) is 24.3 Å². The van der Waals surface area contributed by atoms with Gasteiger partial charge in [-0.05, 0) is 73.5 Å². The average Bonchev–Trinajstić information content (AvgIpc) is 3.87. The highest BCUT2D eigenvalue weighted by Crippen LogP contribution is 2.47. The Kier molecular flexibility index (Phi) is 18.7. The van der Waals surface area contributed by atoms with Crippen LogP contribution in [0.2, 0.25) is 0 Å². The molecule has 0 radical (unpaired) electrons. The largest absolute Gasteiger partial charge is 0.449 e. The fraction of sp³-hybridized carbons (Fsp3) is 0.675. The number of nitrogens with zero attached hydrogens (tertiary/aromatic N) is 1. The van der Waals surface area contributed by atoms with Crippen LogP contribution in [0, 0.1) is 23.7 Å². The van der Waals surface area contributed by atoms with Gasteiger partial charge in [0.1, 0.15) is 30.3 Å². The van der Waals surface area contributed by atoms with E-state index in [1.54, 1.807) is 65.8 Å². The van der Waals surface area contributed by atoms with E-state index in [0.717, 1.165) is 0 Å². The maximum atomic E-state index is 13.9. The van der Waals surface area contributed by atoms with Crippen molar-refractivity contribution in [2.45, 2.75) is 123 Å². The number of carbonyl (C=O) groups is 7. The van der Waals surface area contributed by atoms with Crippen LogP contribution in [0.3, 0.4) is 0 Å². The lowest BCUT2D eigenvalue weighted by atomic mass is 9.91. The van der Waals surface area contributed by atoms with Crippen molar-refractivity contribution in [2.24, 2.45) is 35.1 Å². The highest BCUT2D eigenvalue weighted by molar-refractivity contribution is 6.04. The number of rotatable bonds is 22. The summed E-state index contributed by atoms with van der Waals surface area (Å²) in [5.41, 5.74) is 10.7. The van der Waals surface area contributed by atoms with E-state index in [4.69, 9.17) is 20.9 Å². The molecule has 0 aliphatic heterocycles. The Balaban J connectivity index is 2.12. The van der Waals surface area contributed by atoms with Gasteiger partial charge < -0.3 is 52.8 Å². The van der Waals surface area contributed by atoms with Crippen molar-refractivity contribution in [1.29, 1.82) is 0 Å². The van der Waals surface area contributed by atoms with Crippen LogP contribution in [0.5, 0.6) is 0 Å². The van der Waals surface area contributed by atoms with Gasteiger partial charge in [-0.25, -0.2) is 14.4 Å². The van der Waals surface area contributed by atoms with Gasteiger partial charge >= 0.3 is 18.2 Å². The number of benzene rings is 1. The number of alkyl carbamates (subject to hydrolysis) is 1. The number of nitrogens with one attached hydrogen (secondary N) is 6. The molecule has 0 heterocycles. The Labute approximate surface area is 342 Å². The molecule has 326 valence electrons. The summed E-state index contributed by atoms with van der Waals surface area (Å²) < 4.78 is 10.9. The van der Waals surface area contributed by atoms with Gasteiger partial charge in [-0.1, -0.05) is 67.5 Å². The van der Waals surface area contributed by atoms with Crippen molar-refractivity contribution in [3.05, 3.63) is 29.8 Å². The Hall–Kier alpha value is -5.13. The van der Waals surface area contributed by atoms with Gasteiger partial charge in [0.05, 0.1) is 6.61 Å². The van der Waals surface area contributed by atoms with Gasteiger partial charge in [0.2, 0.25) is 23.6 Å². The van der Waals surface area contributed by atoms with E-state index in [9.17, 15) is 33.6 Å². The third-order valence-electron chi connectivity index (χ3n) is 10.8. The number of ether oxygens (including phenoxy) is 2. The Morgan fingerprint density at radius 2 is 1.45 bits per heavy atom. The van der Waals surface area contributed by atoms with Crippen LogP contribution < -0.4 is 43.4 Å². The molecule has 8 amide bonds. The van der Waals surface area contributed by atoms with Gasteiger partial charge in [-0.2, -0.15) is 0 Å². The number of hydrogen-bond acceptors (Lipinski definition) is 10. The van der Waals surface area contributed by atoms with E-state index in [1.807, 2.05) is 13.8 Å². The molecule has 1 aliphatic rings. The second-order valence-electron chi connectivity index (χ2n) is 16.1. The van der Waals surface area contributed by atoms with Gasteiger partial charge in [-0.15, -0.1) is 0 Å². The van der Waals surface area contributed by atoms with Crippen molar-refractivity contribution in [3.8, 4) is 0 Å². The molecule has 2 unspecified atom stereocenters. The topological polar surface area (TPSA) is 265 Å². The standard InChI is InChI=1S/C40H67N9O9/c1-11-39(42,12-2)18-20-57-37(55)47-30(24(5)6)33(51)48-40(21-27(40)17-19-44-36(41)54)35(53)45-28-15-13-26(14-16-28)22-58-38(56)49(10)31(25(7)8)34(52)46-29(23(3)4)32(50)43-9/h13-16,23-25,27,29-31H,11-12,17-22,42H2,1-10H3,(H,43,50)(H,45,53)(H,46,52)(H,47,55)(H,48,51)(H3,41,44,54)/t27?,29-,30-,31-,40?/m0/s1. The molecule has 2 rings (SSSR count). The van der Waals surface area contributed by atoms with E-state index < -0.39 is 65.1 Å². The highest BCUT2D eigenvalue weighted by Gasteiger charge is 2.61. The van der Waals surface area contributed by atoms with Gasteiger partial charge in [0.15, 0.2) is 0 Å². The molecule has 10 N–H and O–H groups in total. The number of amides is 8. The lowest BCUT2D eigenvalue weighted by Crippen LogP contribution is -2.56. The summed E-state index contributed by atoms with van der Waals surface area (Å²) in [6.07, 6.45) is 0.983. The summed E-state index contributed by atoms with van der Waals surface area (Å²) in [7, 11) is 2.94. The molecule has 18 nitrogen and oxygen atoms in total. The first-order valence-electron chi connectivity index (χ1n) is 20.0. The fourth-order valence-corrected chi connectivity index (χ4v) is 6.63. The van der Waals surface area contributed by atoms with Crippen LogP contribution in [0.4, 0.5) is 20.1 Å². The molecule has 0 spiro atoms. The molecule has 1 aliphatic carbocycles. The predicted octanol–water partition coefficient (Wildman–Crippen LogP) is 2.70.